The van der Waals surface area contributed by atoms with E-state index in [9.17, 15) is 5.11 Å². The molecule has 1 heterocycles. The van der Waals surface area contributed by atoms with Crippen molar-refractivity contribution >= 4 is 22.5 Å². The van der Waals surface area contributed by atoms with Crippen molar-refractivity contribution in [3.05, 3.63) is 35.0 Å². The second-order valence-electron chi connectivity index (χ2n) is 4.28. The summed E-state index contributed by atoms with van der Waals surface area (Å²) in [6, 6.07) is 5.73. The first-order chi connectivity index (χ1) is 8.76. The van der Waals surface area contributed by atoms with Gasteiger partial charge in [0.1, 0.15) is 0 Å². The summed E-state index contributed by atoms with van der Waals surface area (Å²) in [6.45, 7) is 4.37. The van der Waals surface area contributed by atoms with Crippen LogP contribution in [0.5, 0.6) is 0 Å². The highest BCUT2D eigenvalue weighted by atomic mass is 35.5. The average Bonchev–Trinajstić information content (AvgIpc) is 2.72. The van der Waals surface area contributed by atoms with Crippen molar-refractivity contribution in [3.8, 4) is 0 Å². The van der Waals surface area contributed by atoms with Crippen molar-refractivity contribution in [2.24, 2.45) is 0 Å². The van der Waals surface area contributed by atoms with Crippen molar-refractivity contribution in [1.29, 1.82) is 0 Å². The molecule has 0 amide bonds. The van der Waals surface area contributed by atoms with Crippen LogP contribution < -0.4 is 0 Å². The van der Waals surface area contributed by atoms with Gasteiger partial charge in [-0.15, -0.1) is 0 Å². The van der Waals surface area contributed by atoms with Crippen molar-refractivity contribution in [2.45, 2.75) is 26.5 Å². The molecule has 0 aliphatic heterocycles. The Morgan fingerprint density at radius 2 is 2.17 bits per heavy atom. The molecule has 0 bridgehead atoms. The lowest BCUT2D eigenvalue weighted by Crippen LogP contribution is -2.05. The van der Waals surface area contributed by atoms with E-state index in [-0.39, 0.29) is 6.61 Å². The molecule has 0 atom stereocenters. The lowest BCUT2D eigenvalue weighted by molar-refractivity contribution is 0.127. The maximum atomic E-state index is 9.35. The van der Waals surface area contributed by atoms with E-state index >= 15 is 0 Å². The van der Waals surface area contributed by atoms with Gasteiger partial charge in [0.2, 0.25) is 0 Å². The Morgan fingerprint density at radius 1 is 1.33 bits per heavy atom. The number of nitrogens with zero attached hydrogens (tertiary/aromatic N) is 1. The van der Waals surface area contributed by atoms with Gasteiger partial charge in [-0.2, -0.15) is 0 Å². The molecule has 3 nitrogen and oxygen atoms in total. The molecule has 0 unspecified atom stereocenters. The van der Waals surface area contributed by atoms with Gasteiger partial charge >= 0.3 is 0 Å². The SMILES string of the molecule is CCCOCCn1cc(CO)c2ccc(Cl)cc21. The summed E-state index contributed by atoms with van der Waals surface area (Å²) in [7, 11) is 0. The molecule has 0 saturated carbocycles. The highest BCUT2D eigenvalue weighted by molar-refractivity contribution is 6.31. The second-order valence-corrected chi connectivity index (χ2v) is 4.72. The molecule has 18 heavy (non-hydrogen) atoms. The van der Waals surface area contributed by atoms with Gasteiger partial charge in [0.15, 0.2) is 0 Å². The Bertz CT molecular complexity index is 522. The van der Waals surface area contributed by atoms with E-state index < -0.39 is 0 Å². The van der Waals surface area contributed by atoms with E-state index in [1.165, 1.54) is 0 Å². The van der Waals surface area contributed by atoms with Crippen LogP contribution in [0, 0.1) is 0 Å². The first-order valence-corrected chi connectivity index (χ1v) is 6.60. The van der Waals surface area contributed by atoms with E-state index in [0.29, 0.717) is 11.6 Å². The molecule has 98 valence electrons. The molecule has 0 radical (unpaired) electrons. The summed E-state index contributed by atoms with van der Waals surface area (Å²) in [5.41, 5.74) is 1.98. The van der Waals surface area contributed by atoms with Gasteiger partial charge in [0.25, 0.3) is 0 Å². The monoisotopic (exact) mass is 267 g/mol. The van der Waals surface area contributed by atoms with Crippen LogP contribution in [0.2, 0.25) is 5.02 Å². The molecule has 4 heteroatoms. The lowest BCUT2D eigenvalue weighted by Gasteiger charge is -2.06. The molecule has 0 saturated heterocycles. The number of halogens is 1. The van der Waals surface area contributed by atoms with Gasteiger partial charge in [-0.25, -0.2) is 0 Å². The highest BCUT2D eigenvalue weighted by Gasteiger charge is 2.08. The summed E-state index contributed by atoms with van der Waals surface area (Å²) in [4.78, 5) is 0. The Morgan fingerprint density at radius 3 is 2.89 bits per heavy atom. The zero-order valence-electron chi connectivity index (χ0n) is 10.5. The first kappa shape index (κ1) is 13.4. The zero-order chi connectivity index (χ0) is 13.0. The van der Waals surface area contributed by atoms with Crippen LogP contribution in [0.25, 0.3) is 10.9 Å². The fourth-order valence-corrected chi connectivity index (χ4v) is 2.23. The van der Waals surface area contributed by atoms with Crippen LogP contribution in [-0.2, 0) is 17.9 Å². The predicted octanol–water partition coefficient (Wildman–Crippen LogP) is 3.21. The van der Waals surface area contributed by atoms with Crippen molar-refractivity contribution in [1.82, 2.24) is 4.57 Å². The quantitative estimate of drug-likeness (QED) is 0.816. The van der Waals surface area contributed by atoms with E-state index in [2.05, 4.69) is 11.5 Å². The summed E-state index contributed by atoms with van der Waals surface area (Å²) in [5.74, 6) is 0. The Balaban J connectivity index is 2.23. The number of rotatable bonds is 6. The van der Waals surface area contributed by atoms with Crippen LogP contribution in [0.15, 0.2) is 24.4 Å². The molecule has 0 spiro atoms. The molecule has 1 aromatic carbocycles. The average molecular weight is 268 g/mol. The predicted molar refractivity (Wildman–Crippen MR) is 74.0 cm³/mol. The van der Waals surface area contributed by atoms with E-state index in [4.69, 9.17) is 16.3 Å². The minimum absolute atomic E-state index is 0.0426. The van der Waals surface area contributed by atoms with Crippen molar-refractivity contribution in [3.63, 3.8) is 0 Å². The van der Waals surface area contributed by atoms with E-state index in [0.717, 1.165) is 36.0 Å². The highest BCUT2D eigenvalue weighted by Crippen LogP contribution is 2.24. The zero-order valence-corrected chi connectivity index (χ0v) is 11.3. The fourth-order valence-electron chi connectivity index (χ4n) is 2.06. The van der Waals surface area contributed by atoms with Gasteiger partial charge < -0.3 is 14.4 Å². The van der Waals surface area contributed by atoms with Crippen LogP contribution in [0.3, 0.4) is 0 Å². The van der Waals surface area contributed by atoms with Crippen molar-refractivity contribution < 1.29 is 9.84 Å². The van der Waals surface area contributed by atoms with Gasteiger partial charge in [0, 0.05) is 40.8 Å². The number of aliphatic hydroxyl groups excluding tert-OH is 1. The summed E-state index contributed by atoms with van der Waals surface area (Å²) in [6.07, 6.45) is 3.00. The number of ether oxygens (including phenoxy) is 1. The fraction of sp³-hybridized carbons (Fsp3) is 0.429. The first-order valence-electron chi connectivity index (χ1n) is 6.22. The number of aliphatic hydroxyl groups is 1. The van der Waals surface area contributed by atoms with Crippen LogP contribution >= 0.6 is 11.6 Å². The Labute approximate surface area is 112 Å². The van der Waals surface area contributed by atoms with Gasteiger partial charge in [-0.05, 0) is 18.6 Å². The molecule has 0 fully saturated rings. The molecule has 2 rings (SSSR count). The molecule has 0 aliphatic carbocycles. The third-order valence-electron chi connectivity index (χ3n) is 2.92. The topological polar surface area (TPSA) is 34.4 Å². The largest absolute Gasteiger partial charge is 0.392 e. The number of fused-ring (bicyclic) bond motifs is 1. The van der Waals surface area contributed by atoms with Crippen LogP contribution in [-0.4, -0.2) is 22.9 Å². The molecule has 0 aliphatic rings. The van der Waals surface area contributed by atoms with Gasteiger partial charge in [0.05, 0.1) is 13.2 Å². The summed E-state index contributed by atoms with van der Waals surface area (Å²) < 4.78 is 7.58. The molecular weight excluding hydrogens is 250 g/mol. The Kier molecular flexibility index (Phi) is 4.64. The number of hydrogen-bond acceptors (Lipinski definition) is 2. The number of hydrogen-bond donors (Lipinski definition) is 1. The van der Waals surface area contributed by atoms with Crippen LogP contribution in [0.4, 0.5) is 0 Å². The van der Waals surface area contributed by atoms with Crippen molar-refractivity contribution in [2.75, 3.05) is 13.2 Å². The molecular formula is C14H18ClNO2. The number of aromatic nitrogens is 1. The third-order valence-corrected chi connectivity index (χ3v) is 3.16. The Hall–Kier alpha value is -1.03. The molecule has 2 aromatic rings. The third kappa shape index (κ3) is 2.86. The summed E-state index contributed by atoms with van der Waals surface area (Å²) in [5, 5.41) is 11.1. The maximum absolute atomic E-state index is 9.35. The molecule has 1 N–H and O–H groups in total. The minimum atomic E-state index is 0.0426. The minimum Gasteiger partial charge on any atom is -0.392 e. The standard InChI is InChI=1S/C14H18ClNO2/c1-2-6-18-7-5-16-9-11(10-17)13-4-3-12(15)8-14(13)16/h3-4,8-9,17H,2,5-7,10H2,1H3. The normalized spacial score (nSPS) is 11.3. The van der Waals surface area contributed by atoms with Gasteiger partial charge in [-0.3, -0.25) is 0 Å². The summed E-state index contributed by atoms with van der Waals surface area (Å²) >= 11 is 6.02. The van der Waals surface area contributed by atoms with Crippen LogP contribution in [0.1, 0.15) is 18.9 Å². The smallest absolute Gasteiger partial charge is 0.0702 e. The van der Waals surface area contributed by atoms with Gasteiger partial charge in [-0.1, -0.05) is 24.6 Å². The van der Waals surface area contributed by atoms with E-state index in [1.54, 1.807) is 0 Å². The number of benzene rings is 1. The lowest BCUT2D eigenvalue weighted by atomic mass is 10.2. The maximum Gasteiger partial charge on any atom is 0.0702 e. The van der Waals surface area contributed by atoms with E-state index in [1.807, 2.05) is 24.4 Å². The second kappa shape index (κ2) is 6.23. The molecule has 1 aromatic heterocycles.